The van der Waals surface area contributed by atoms with Crippen LogP contribution in [0.25, 0.3) is 0 Å². The number of hydrogen-bond donors (Lipinski definition) is 3. The predicted octanol–water partition coefficient (Wildman–Crippen LogP) is 1.88. The highest BCUT2D eigenvalue weighted by atomic mass is 31.1. The van der Waals surface area contributed by atoms with Crippen LogP contribution in [0.1, 0.15) is 12.8 Å². The fraction of sp³-hybridized carbons (Fsp3) is 0.529. The van der Waals surface area contributed by atoms with Gasteiger partial charge >= 0.3 is 0 Å². The van der Waals surface area contributed by atoms with E-state index in [2.05, 4.69) is 6.58 Å². The molecule has 1 aromatic carbocycles. The molecule has 0 aliphatic carbocycles. The smallest absolute Gasteiger partial charge is 0.228 e. The fourth-order valence-corrected chi connectivity index (χ4v) is 3.59. The number of hydrogen-bond acceptors (Lipinski definition) is 6. The van der Waals surface area contributed by atoms with Crippen LogP contribution in [-0.4, -0.2) is 59.1 Å². The van der Waals surface area contributed by atoms with Crippen molar-refractivity contribution in [3.05, 3.63) is 36.9 Å². The first-order chi connectivity index (χ1) is 11.5. The second kappa shape index (κ2) is 9.35. The molecule has 5 atom stereocenters. The van der Waals surface area contributed by atoms with Crippen molar-refractivity contribution in [2.24, 2.45) is 0 Å². The molecule has 134 valence electrons. The van der Waals surface area contributed by atoms with Crippen LogP contribution in [0.3, 0.4) is 0 Å². The van der Waals surface area contributed by atoms with E-state index in [0.29, 0.717) is 36.7 Å². The zero-order valence-corrected chi connectivity index (χ0v) is 14.6. The second-order valence-electron chi connectivity index (χ2n) is 5.70. The Morgan fingerprint density at radius 3 is 2.58 bits per heavy atom. The summed E-state index contributed by atoms with van der Waals surface area (Å²) in [6, 6.07) is 6.91. The van der Waals surface area contributed by atoms with Crippen molar-refractivity contribution in [3.8, 4) is 11.5 Å². The molecule has 3 N–H and O–H groups in total. The van der Waals surface area contributed by atoms with E-state index < -0.39 is 26.6 Å². The van der Waals surface area contributed by atoms with Gasteiger partial charge in [-0.3, -0.25) is 0 Å². The largest absolute Gasteiger partial charge is 0.497 e. The average molecular weight is 356 g/mol. The molecule has 1 heterocycles. The third-order valence-electron chi connectivity index (χ3n) is 3.86. The van der Waals surface area contributed by atoms with Gasteiger partial charge in [-0.05, 0) is 36.8 Å². The molecule has 1 aromatic rings. The minimum absolute atomic E-state index is 0.270. The molecule has 5 unspecified atom stereocenters. The summed E-state index contributed by atoms with van der Waals surface area (Å²) in [7, 11) is 0.481. The highest BCUT2D eigenvalue weighted by Gasteiger charge is 2.38. The first kappa shape index (κ1) is 19.2. The Balaban J connectivity index is 1.93. The molecule has 0 radical (unpaired) electrons. The Kier molecular flexibility index (Phi) is 7.46. The molecule has 0 saturated carbocycles. The van der Waals surface area contributed by atoms with Gasteiger partial charge in [0.05, 0.1) is 19.3 Å². The number of methoxy groups -OCH3 is 1. The van der Waals surface area contributed by atoms with E-state index in [1.165, 1.54) is 0 Å². The lowest BCUT2D eigenvalue weighted by molar-refractivity contribution is -0.235. The predicted molar refractivity (Wildman–Crippen MR) is 92.6 cm³/mol. The van der Waals surface area contributed by atoms with Gasteiger partial charge in [0.25, 0.3) is 0 Å². The zero-order valence-electron chi connectivity index (χ0n) is 13.7. The van der Waals surface area contributed by atoms with Crippen LogP contribution in [0.15, 0.2) is 36.9 Å². The first-order valence-corrected chi connectivity index (χ1v) is 9.57. The lowest BCUT2D eigenvalue weighted by Crippen LogP contribution is -2.51. The van der Waals surface area contributed by atoms with E-state index in [1.54, 1.807) is 37.5 Å². The standard InChI is InChI=1S/C17H25O6P/c1-3-9-24(20)10-8-14-11-15(18)16(19)17(23-14)22-13-6-4-12(21-2)5-7-13/h3-7,14-20H,1,8-11H2,2H3. The summed E-state index contributed by atoms with van der Waals surface area (Å²) in [5.41, 5.74) is 0. The van der Waals surface area contributed by atoms with Crippen LogP contribution in [0, 0.1) is 0 Å². The summed E-state index contributed by atoms with van der Waals surface area (Å²) in [5, 5.41) is 20.1. The molecule has 0 spiro atoms. The van der Waals surface area contributed by atoms with E-state index in [1.807, 2.05) is 0 Å². The molecule has 1 aliphatic rings. The highest BCUT2D eigenvalue weighted by Crippen LogP contribution is 2.33. The number of allylic oxidation sites excluding steroid dienone is 1. The van der Waals surface area contributed by atoms with Gasteiger partial charge in [-0.2, -0.15) is 0 Å². The summed E-state index contributed by atoms with van der Waals surface area (Å²) in [5.74, 6) is 1.22. The Bertz CT molecular complexity index is 508. The first-order valence-electron chi connectivity index (χ1n) is 7.90. The van der Waals surface area contributed by atoms with Crippen LogP contribution in [0.5, 0.6) is 11.5 Å². The van der Waals surface area contributed by atoms with Gasteiger partial charge in [0.15, 0.2) is 0 Å². The minimum Gasteiger partial charge on any atom is -0.497 e. The third kappa shape index (κ3) is 5.43. The fourth-order valence-electron chi connectivity index (χ4n) is 2.52. The van der Waals surface area contributed by atoms with Crippen molar-refractivity contribution in [3.63, 3.8) is 0 Å². The minimum atomic E-state index is -1.12. The van der Waals surface area contributed by atoms with Crippen molar-refractivity contribution in [1.29, 1.82) is 0 Å². The summed E-state index contributed by atoms with van der Waals surface area (Å²) < 4.78 is 16.5. The molecular weight excluding hydrogens is 331 g/mol. The highest BCUT2D eigenvalue weighted by molar-refractivity contribution is 7.51. The van der Waals surface area contributed by atoms with Crippen molar-refractivity contribution in [2.45, 2.75) is 37.4 Å². The maximum Gasteiger partial charge on any atom is 0.228 e. The van der Waals surface area contributed by atoms with Gasteiger partial charge in [-0.15, -0.1) is 6.58 Å². The van der Waals surface area contributed by atoms with Gasteiger partial charge in [0.2, 0.25) is 6.29 Å². The molecule has 6 nitrogen and oxygen atoms in total. The Labute approximate surface area is 143 Å². The van der Waals surface area contributed by atoms with Crippen LogP contribution in [0.2, 0.25) is 0 Å². The number of aliphatic hydroxyl groups is 2. The maximum atomic E-state index is 10.1. The van der Waals surface area contributed by atoms with Crippen molar-refractivity contribution < 1.29 is 29.3 Å². The molecule has 0 bridgehead atoms. The molecule has 24 heavy (non-hydrogen) atoms. The van der Waals surface area contributed by atoms with E-state index >= 15 is 0 Å². The average Bonchev–Trinajstić information content (AvgIpc) is 2.58. The molecule has 7 heteroatoms. The summed E-state index contributed by atoms with van der Waals surface area (Å²) in [6.07, 6.45) is 0.544. The number of aliphatic hydroxyl groups excluding tert-OH is 2. The molecule has 2 rings (SSSR count). The molecule has 1 fully saturated rings. The lowest BCUT2D eigenvalue weighted by Gasteiger charge is -2.37. The molecule has 0 aromatic heterocycles. The summed E-state index contributed by atoms with van der Waals surface area (Å²) >= 11 is 0. The monoisotopic (exact) mass is 356 g/mol. The SMILES string of the molecule is C=CCP(O)CCC1CC(O)C(O)C(Oc2ccc(OC)cc2)O1. The van der Waals surface area contributed by atoms with E-state index in [0.717, 1.165) is 0 Å². The molecular formula is C17H25O6P. The van der Waals surface area contributed by atoms with Crippen molar-refractivity contribution in [2.75, 3.05) is 19.4 Å². The Morgan fingerprint density at radius 2 is 1.96 bits per heavy atom. The Morgan fingerprint density at radius 1 is 1.29 bits per heavy atom. The number of benzene rings is 1. The van der Waals surface area contributed by atoms with E-state index in [-0.39, 0.29) is 6.10 Å². The maximum absolute atomic E-state index is 10.1. The Hall–Kier alpha value is -1.17. The molecule has 1 aliphatic heterocycles. The number of ether oxygens (including phenoxy) is 3. The second-order valence-corrected chi connectivity index (χ2v) is 7.53. The normalized spacial score (nSPS) is 28.2. The van der Waals surface area contributed by atoms with Gasteiger partial charge in [0.1, 0.15) is 17.6 Å². The molecule has 1 saturated heterocycles. The van der Waals surface area contributed by atoms with Gasteiger partial charge in [-0.1, -0.05) is 6.08 Å². The van der Waals surface area contributed by atoms with Crippen molar-refractivity contribution in [1.82, 2.24) is 0 Å². The van der Waals surface area contributed by atoms with E-state index in [9.17, 15) is 15.1 Å². The quantitative estimate of drug-likeness (QED) is 0.487. The van der Waals surface area contributed by atoms with Crippen LogP contribution in [-0.2, 0) is 4.74 Å². The third-order valence-corrected chi connectivity index (χ3v) is 5.32. The van der Waals surface area contributed by atoms with Gasteiger partial charge < -0.3 is 29.3 Å². The van der Waals surface area contributed by atoms with Gasteiger partial charge in [-0.25, -0.2) is 0 Å². The van der Waals surface area contributed by atoms with Crippen molar-refractivity contribution >= 4 is 8.15 Å². The van der Waals surface area contributed by atoms with E-state index in [4.69, 9.17) is 14.2 Å². The summed E-state index contributed by atoms with van der Waals surface area (Å²) in [6.45, 7) is 3.61. The summed E-state index contributed by atoms with van der Waals surface area (Å²) in [4.78, 5) is 9.83. The lowest BCUT2D eigenvalue weighted by atomic mass is 10.0. The molecule has 0 amide bonds. The van der Waals surface area contributed by atoms with Crippen LogP contribution >= 0.6 is 8.15 Å². The van der Waals surface area contributed by atoms with Gasteiger partial charge in [0, 0.05) is 20.7 Å². The van der Waals surface area contributed by atoms with Crippen LogP contribution in [0.4, 0.5) is 0 Å². The number of rotatable bonds is 8. The topological polar surface area (TPSA) is 88.4 Å². The van der Waals surface area contributed by atoms with Crippen LogP contribution < -0.4 is 9.47 Å². The zero-order chi connectivity index (χ0) is 17.5.